The summed E-state index contributed by atoms with van der Waals surface area (Å²) in [4.78, 5) is 29.9. The number of nitrogens with one attached hydrogen (secondary N) is 2. The quantitative estimate of drug-likeness (QED) is 0.554. The van der Waals surface area contributed by atoms with Crippen molar-refractivity contribution in [2.75, 3.05) is 18.4 Å². The predicted molar refractivity (Wildman–Crippen MR) is 141 cm³/mol. The fourth-order valence-corrected chi connectivity index (χ4v) is 5.67. The van der Waals surface area contributed by atoms with E-state index < -0.39 is 5.54 Å². The van der Waals surface area contributed by atoms with E-state index >= 15 is 0 Å². The van der Waals surface area contributed by atoms with E-state index in [1.54, 1.807) is 0 Å². The summed E-state index contributed by atoms with van der Waals surface area (Å²) in [7, 11) is 0. The maximum absolute atomic E-state index is 13.4. The number of amides is 2. The van der Waals surface area contributed by atoms with Gasteiger partial charge in [0.05, 0.1) is 24.1 Å². The number of carbonyl (C=O) groups excluding carboxylic acids is 1. The molecule has 1 unspecified atom stereocenters. The summed E-state index contributed by atoms with van der Waals surface area (Å²) in [5.41, 5.74) is 4.17. The van der Waals surface area contributed by atoms with Crippen LogP contribution in [0.5, 0.6) is 0 Å². The minimum atomic E-state index is -0.392. The molecule has 0 spiro atoms. The average molecular weight is 479 g/mol. The van der Waals surface area contributed by atoms with Gasteiger partial charge in [-0.15, -0.1) is 0 Å². The van der Waals surface area contributed by atoms with Gasteiger partial charge in [0.15, 0.2) is 0 Å². The van der Waals surface area contributed by atoms with Crippen LogP contribution in [-0.4, -0.2) is 51.4 Å². The molecule has 4 aliphatic rings. The van der Waals surface area contributed by atoms with Crippen LogP contribution >= 0.6 is 0 Å². The first-order valence-corrected chi connectivity index (χ1v) is 12.9. The van der Waals surface area contributed by atoms with Crippen molar-refractivity contribution in [3.63, 3.8) is 0 Å². The highest BCUT2D eigenvalue weighted by molar-refractivity contribution is 6.13. The number of benzene rings is 2. The molecule has 36 heavy (non-hydrogen) atoms. The Bertz CT molecular complexity index is 1440. The van der Waals surface area contributed by atoms with Crippen LogP contribution in [0, 0.1) is 0 Å². The van der Waals surface area contributed by atoms with Crippen molar-refractivity contribution in [2.24, 2.45) is 4.99 Å². The van der Waals surface area contributed by atoms with Gasteiger partial charge in [-0.3, -0.25) is 4.99 Å². The Hall–Kier alpha value is -3.74. The van der Waals surface area contributed by atoms with E-state index in [4.69, 9.17) is 15.0 Å². The number of para-hydroxylation sites is 1. The highest BCUT2D eigenvalue weighted by Gasteiger charge is 2.47. The van der Waals surface area contributed by atoms with Crippen LogP contribution < -0.4 is 10.6 Å². The van der Waals surface area contributed by atoms with Gasteiger partial charge in [-0.05, 0) is 56.4 Å². The lowest BCUT2D eigenvalue weighted by atomic mass is 9.94. The summed E-state index contributed by atoms with van der Waals surface area (Å²) < 4.78 is 0. The Kier molecular flexibility index (Phi) is 4.72. The molecule has 2 amide bonds. The van der Waals surface area contributed by atoms with E-state index in [-0.39, 0.29) is 12.1 Å². The van der Waals surface area contributed by atoms with E-state index in [0.29, 0.717) is 24.9 Å². The van der Waals surface area contributed by atoms with Crippen molar-refractivity contribution < 1.29 is 4.79 Å². The SMILES string of the molecule is CC1(C)C2=C(CN1C(=O)NC1C[C@H]1c1ccccc1)C(Nc1nc(C3CC3)nc3ccccc13)=NC2. The molecule has 0 radical (unpaired) electrons. The molecule has 2 saturated carbocycles. The molecule has 7 heteroatoms. The monoisotopic (exact) mass is 478 g/mol. The smallest absolute Gasteiger partial charge is 0.318 e. The van der Waals surface area contributed by atoms with Crippen LogP contribution in [0.4, 0.5) is 10.6 Å². The van der Waals surface area contributed by atoms with Crippen molar-refractivity contribution in [2.45, 2.75) is 56.5 Å². The highest BCUT2D eigenvalue weighted by Crippen LogP contribution is 2.43. The van der Waals surface area contributed by atoms with Gasteiger partial charge >= 0.3 is 6.03 Å². The average Bonchev–Trinajstić information content (AvgIpc) is 3.80. The maximum atomic E-state index is 13.4. The van der Waals surface area contributed by atoms with Crippen molar-refractivity contribution in [1.29, 1.82) is 0 Å². The largest absolute Gasteiger partial charge is 0.335 e. The number of rotatable bonds is 4. The molecular weight excluding hydrogens is 448 g/mol. The Morgan fingerprint density at radius 3 is 2.61 bits per heavy atom. The molecule has 0 bridgehead atoms. The summed E-state index contributed by atoms with van der Waals surface area (Å²) in [6, 6.07) is 18.8. The fraction of sp³-hybridized carbons (Fsp3) is 0.379. The lowest BCUT2D eigenvalue weighted by molar-refractivity contribution is 0.170. The van der Waals surface area contributed by atoms with Crippen LogP contribution in [-0.2, 0) is 0 Å². The predicted octanol–water partition coefficient (Wildman–Crippen LogP) is 4.99. The van der Waals surface area contributed by atoms with Gasteiger partial charge < -0.3 is 15.5 Å². The zero-order valence-electron chi connectivity index (χ0n) is 20.7. The molecule has 7 nitrogen and oxygen atoms in total. The minimum Gasteiger partial charge on any atom is -0.335 e. The second-order valence-electron chi connectivity index (χ2n) is 10.9. The van der Waals surface area contributed by atoms with Gasteiger partial charge in [-0.1, -0.05) is 42.5 Å². The maximum Gasteiger partial charge on any atom is 0.318 e. The summed E-state index contributed by atoms with van der Waals surface area (Å²) in [6.45, 7) is 5.39. The number of hydrogen-bond acceptors (Lipinski definition) is 5. The first-order chi connectivity index (χ1) is 17.5. The molecule has 3 heterocycles. The first kappa shape index (κ1) is 21.5. The van der Waals surface area contributed by atoms with E-state index in [1.165, 1.54) is 11.1 Å². The zero-order chi connectivity index (χ0) is 24.4. The number of urea groups is 1. The second kappa shape index (κ2) is 7.88. The number of carbonyl (C=O) groups is 1. The van der Waals surface area contributed by atoms with Crippen molar-refractivity contribution in [1.82, 2.24) is 20.2 Å². The van der Waals surface area contributed by atoms with Crippen molar-refractivity contribution >= 4 is 28.6 Å². The van der Waals surface area contributed by atoms with Gasteiger partial charge in [0.2, 0.25) is 0 Å². The van der Waals surface area contributed by atoms with Crippen LogP contribution in [0.15, 0.2) is 70.7 Å². The summed E-state index contributed by atoms with van der Waals surface area (Å²) in [5, 5.41) is 7.82. The standard InChI is InChI=1S/C29H30N6O/c1-29(2)22-15-30-26(34-27-19-10-6-7-11-23(19)31-25(33-27)18-12-13-18)21(22)16-35(29)28(36)32-24-14-20(24)17-8-4-3-5-9-17/h3-11,18,20,24H,12-16H2,1-2H3,(H,32,36)(H,30,31,33,34)/t20-,24?/m0/s1. The summed E-state index contributed by atoms with van der Waals surface area (Å²) >= 11 is 0. The number of nitrogens with zero attached hydrogens (tertiary/aromatic N) is 4. The van der Waals surface area contributed by atoms with Crippen LogP contribution in [0.25, 0.3) is 10.9 Å². The lowest BCUT2D eigenvalue weighted by Crippen LogP contribution is -2.51. The molecular formula is C29H30N6O. The highest BCUT2D eigenvalue weighted by atomic mass is 16.2. The fourth-order valence-electron chi connectivity index (χ4n) is 5.67. The Morgan fingerprint density at radius 1 is 1.03 bits per heavy atom. The topological polar surface area (TPSA) is 82.5 Å². The number of anilines is 1. The molecule has 3 aromatic rings. The number of amidine groups is 1. The van der Waals surface area contributed by atoms with Crippen LogP contribution in [0.3, 0.4) is 0 Å². The van der Waals surface area contributed by atoms with E-state index in [1.807, 2.05) is 29.2 Å². The molecule has 182 valence electrons. The van der Waals surface area contributed by atoms with Gasteiger partial charge in [0.25, 0.3) is 0 Å². The van der Waals surface area contributed by atoms with E-state index in [2.05, 4.69) is 54.8 Å². The zero-order valence-corrected chi connectivity index (χ0v) is 20.7. The minimum absolute atomic E-state index is 0.000636. The van der Waals surface area contributed by atoms with E-state index in [0.717, 1.165) is 53.2 Å². The van der Waals surface area contributed by atoms with Crippen LogP contribution in [0.1, 0.15) is 56.3 Å². The van der Waals surface area contributed by atoms with Gasteiger partial charge in [-0.2, -0.15) is 0 Å². The number of hydrogen-bond donors (Lipinski definition) is 2. The first-order valence-electron chi connectivity index (χ1n) is 12.9. The van der Waals surface area contributed by atoms with Gasteiger partial charge in [0, 0.05) is 28.8 Å². The molecule has 2 aliphatic heterocycles. The second-order valence-corrected chi connectivity index (χ2v) is 10.9. The normalized spacial score (nSPS) is 24.1. The van der Waals surface area contributed by atoms with E-state index in [9.17, 15) is 4.79 Å². The Morgan fingerprint density at radius 2 is 1.81 bits per heavy atom. The lowest BCUT2D eigenvalue weighted by Gasteiger charge is -2.34. The number of aromatic nitrogens is 2. The molecule has 1 aromatic heterocycles. The third-order valence-electron chi connectivity index (χ3n) is 8.15. The molecule has 2 aliphatic carbocycles. The third kappa shape index (κ3) is 3.56. The van der Waals surface area contributed by atoms with Gasteiger partial charge in [-0.25, -0.2) is 14.8 Å². The molecule has 2 aromatic carbocycles. The number of aliphatic imine (C=N–C) groups is 1. The Balaban J connectivity index is 1.10. The third-order valence-corrected chi connectivity index (χ3v) is 8.15. The number of fused-ring (bicyclic) bond motifs is 1. The molecule has 0 saturated heterocycles. The molecule has 2 atom stereocenters. The summed E-state index contributed by atoms with van der Waals surface area (Å²) in [5.74, 6) is 3.41. The van der Waals surface area contributed by atoms with Crippen molar-refractivity contribution in [3.05, 3.63) is 77.1 Å². The molecule has 2 N–H and O–H groups in total. The molecule has 7 rings (SSSR count). The summed E-state index contributed by atoms with van der Waals surface area (Å²) in [6.07, 6.45) is 3.30. The van der Waals surface area contributed by atoms with Crippen LogP contribution in [0.2, 0.25) is 0 Å². The molecule has 2 fully saturated rings. The van der Waals surface area contributed by atoms with Crippen molar-refractivity contribution in [3.8, 4) is 0 Å². The van der Waals surface area contributed by atoms with Gasteiger partial charge in [0.1, 0.15) is 17.5 Å². The Labute approximate surface area is 210 Å².